The molecular formula is C45H39NS. The maximum atomic E-state index is 3.92. The summed E-state index contributed by atoms with van der Waals surface area (Å²) in [5.41, 5.74) is 15.6. The summed E-state index contributed by atoms with van der Waals surface area (Å²) in [6.45, 7) is 14.0. The largest absolute Gasteiger partial charge is 0.355 e. The monoisotopic (exact) mass is 625 g/mol. The molecule has 0 radical (unpaired) electrons. The number of anilines is 2. The minimum Gasteiger partial charge on any atom is -0.355 e. The van der Waals surface area contributed by atoms with Crippen LogP contribution in [0.25, 0.3) is 42.4 Å². The quantitative estimate of drug-likeness (QED) is 0.201. The van der Waals surface area contributed by atoms with Crippen LogP contribution in [-0.2, 0) is 16.2 Å². The average molecular weight is 626 g/mol. The van der Waals surface area contributed by atoms with Crippen molar-refractivity contribution in [3.63, 3.8) is 0 Å². The van der Waals surface area contributed by atoms with Gasteiger partial charge in [0.2, 0.25) is 0 Å². The number of hydrogen-bond donors (Lipinski definition) is 1. The van der Waals surface area contributed by atoms with E-state index in [0.717, 1.165) is 11.4 Å². The summed E-state index contributed by atoms with van der Waals surface area (Å²) in [6.07, 6.45) is 0. The predicted octanol–water partition coefficient (Wildman–Crippen LogP) is 12.7. The molecule has 0 aliphatic heterocycles. The van der Waals surface area contributed by atoms with Crippen molar-refractivity contribution in [2.24, 2.45) is 0 Å². The van der Waals surface area contributed by atoms with Crippen LogP contribution in [-0.4, -0.2) is 0 Å². The highest BCUT2D eigenvalue weighted by Crippen LogP contribution is 2.64. The van der Waals surface area contributed by atoms with Gasteiger partial charge in [-0.15, -0.1) is 11.3 Å². The fourth-order valence-corrected chi connectivity index (χ4v) is 9.32. The third-order valence-electron chi connectivity index (χ3n) is 10.6. The van der Waals surface area contributed by atoms with E-state index in [2.05, 4.69) is 168 Å². The third kappa shape index (κ3) is 4.01. The second-order valence-electron chi connectivity index (χ2n) is 15.5. The lowest BCUT2D eigenvalue weighted by Gasteiger charge is -2.33. The number of benzene rings is 6. The van der Waals surface area contributed by atoms with Crippen molar-refractivity contribution in [3.8, 4) is 22.3 Å². The van der Waals surface area contributed by atoms with Gasteiger partial charge >= 0.3 is 0 Å². The smallest absolute Gasteiger partial charge is 0.0726 e. The molecule has 1 heterocycles. The van der Waals surface area contributed by atoms with Gasteiger partial charge in [0.05, 0.1) is 5.41 Å². The van der Waals surface area contributed by atoms with Crippen LogP contribution in [0, 0.1) is 0 Å². The Morgan fingerprint density at radius 3 is 1.81 bits per heavy atom. The molecule has 0 fully saturated rings. The van der Waals surface area contributed by atoms with E-state index in [-0.39, 0.29) is 10.8 Å². The minimum absolute atomic E-state index is 0.0381. The molecule has 0 unspecified atom stereocenters. The van der Waals surface area contributed by atoms with E-state index < -0.39 is 5.41 Å². The maximum absolute atomic E-state index is 3.92. The fourth-order valence-electron chi connectivity index (χ4n) is 8.23. The Hall–Kier alpha value is -4.66. The molecule has 2 aliphatic carbocycles. The van der Waals surface area contributed by atoms with Crippen LogP contribution in [0.2, 0.25) is 0 Å². The van der Waals surface area contributed by atoms with E-state index in [1.54, 1.807) is 0 Å². The van der Waals surface area contributed by atoms with Gasteiger partial charge in [0.25, 0.3) is 0 Å². The van der Waals surface area contributed by atoms with Gasteiger partial charge in [-0.25, -0.2) is 0 Å². The Morgan fingerprint density at radius 1 is 0.489 bits per heavy atom. The molecule has 9 rings (SSSR count). The van der Waals surface area contributed by atoms with Crippen molar-refractivity contribution in [1.29, 1.82) is 0 Å². The molecule has 0 saturated heterocycles. The van der Waals surface area contributed by atoms with Gasteiger partial charge in [-0.05, 0) is 91.2 Å². The summed E-state index contributed by atoms with van der Waals surface area (Å²) >= 11 is 1.86. The number of nitrogens with one attached hydrogen (secondary N) is 1. The van der Waals surface area contributed by atoms with E-state index in [0.29, 0.717) is 0 Å². The fraction of sp³-hybridized carbons (Fsp3) is 0.200. The first-order valence-electron chi connectivity index (χ1n) is 16.8. The Labute approximate surface area is 281 Å². The van der Waals surface area contributed by atoms with E-state index >= 15 is 0 Å². The molecule has 2 aliphatic rings. The normalized spacial score (nSPS) is 14.3. The summed E-state index contributed by atoms with van der Waals surface area (Å²) in [4.78, 5) is 0. The van der Waals surface area contributed by atoms with E-state index in [1.807, 2.05) is 11.3 Å². The minimum atomic E-state index is -0.398. The molecule has 1 spiro atoms. The predicted molar refractivity (Wildman–Crippen MR) is 203 cm³/mol. The molecule has 1 nitrogen and oxygen atoms in total. The maximum Gasteiger partial charge on any atom is 0.0726 e. The molecule has 47 heavy (non-hydrogen) atoms. The first kappa shape index (κ1) is 28.6. The Bertz CT molecular complexity index is 2350. The summed E-state index contributed by atoms with van der Waals surface area (Å²) in [7, 11) is 0. The van der Waals surface area contributed by atoms with Gasteiger partial charge in [0, 0.05) is 37.1 Å². The third-order valence-corrected chi connectivity index (χ3v) is 11.7. The molecule has 6 aromatic carbocycles. The Balaban J connectivity index is 1.32. The number of thiophene rings is 1. The lowest BCUT2D eigenvalue weighted by Crippen LogP contribution is -2.27. The molecular weight excluding hydrogens is 587 g/mol. The molecule has 0 saturated carbocycles. The second-order valence-corrected chi connectivity index (χ2v) is 16.6. The van der Waals surface area contributed by atoms with Gasteiger partial charge < -0.3 is 5.32 Å². The molecule has 230 valence electrons. The van der Waals surface area contributed by atoms with Crippen LogP contribution >= 0.6 is 11.3 Å². The van der Waals surface area contributed by atoms with Gasteiger partial charge in [0.15, 0.2) is 0 Å². The van der Waals surface area contributed by atoms with Crippen molar-refractivity contribution in [2.45, 2.75) is 57.8 Å². The van der Waals surface area contributed by atoms with E-state index in [4.69, 9.17) is 0 Å². The summed E-state index contributed by atoms with van der Waals surface area (Å²) < 4.78 is 2.65. The van der Waals surface area contributed by atoms with Gasteiger partial charge in [0.1, 0.15) is 0 Å². The molecule has 0 amide bonds. The highest BCUT2D eigenvalue weighted by molar-refractivity contribution is 7.25. The van der Waals surface area contributed by atoms with Gasteiger partial charge in [-0.2, -0.15) is 0 Å². The lowest BCUT2D eigenvalue weighted by atomic mass is 9.69. The summed E-state index contributed by atoms with van der Waals surface area (Å²) in [5, 5.41) is 6.55. The zero-order valence-electron chi connectivity index (χ0n) is 28.0. The second kappa shape index (κ2) is 9.69. The van der Waals surface area contributed by atoms with Crippen molar-refractivity contribution in [3.05, 3.63) is 155 Å². The molecule has 7 aromatic rings. The highest BCUT2D eigenvalue weighted by atomic mass is 32.1. The van der Waals surface area contributed by atoms with Crippen LogP contribution < -0.4 is 5.32 Å². The molecule has 1 N–H and O–H groups in total. The highest BCUT2D eigenvalue weighted by Gasteiger charge is 2.52. The molecule has 0 bridgehead atoms. The standard InChI is InChI=1S/C45H39NS/c1-43(2,3)27-18-21-30-31-22-19-28(44(4,5)6)25-38(31)45(37(30)24-27)35-14-9-7-13-33(35)42-36(45)15-11-16-39(42)46-29-20-23-41-34(26-29)32-12-8-10-17-40(32)47-41/h7-26,46H,1-6H3. The van der Waals surface area contributed by atoms with Crippen molar-refractivity contribution in [2.75, 3.05) is 5.32 Å². The Kier molecular flexibility index (Phi) is 5.88. The lowest BCUT2D eigenvalue weighted by molar-refractivity contribution is 0.586. The van der Waals surface area contributed by atoms with Gasteiger partial charge in [-0.1, -0.05) is 133 Å². The van der Waals surface area contributed by atoms with Crippen molar-refractivity contribution in [1.82, 2.24) is 0 Å². The zero-order chi connectivity index (χ0) is 32.3. The summed E-state index contributed by atoms with van der Waals surface area (Å²) in [5.74, 6) is 0. The number of hydrogen-bond acceptors (Lipinski definition) is 2. The van der Waals surface area contributed by atoms with Crippen molar-refractivity contribution >= 4 is 42.9 Å². The molecule has 1 aromatic heterocycles. The number of fused-ring (bicyclic) bond motifs is 13. The van der Waals surface area contributed by atoms with Crippen LogP contribution in [0.1, 0.15) is 74.9 Å². The van der Waals surface area contributed by atoms with Gasteiger partial charge in [-0.3, -0.25) is 0 Å². The zero-order valence-corrected chi connectivity index (χ0v) is 28.8. The van der Waals surface area contributed by atoms with Crippen LogP contribution in [0.5, 0.6) is 0 Å². The van der Waals surface area contributed by atoms with E-state index in [1.165, 1.54) is 75.8 Å². The topological polar surface area (TPSA) is 12.0 Å². The van der Waals surface area contributed by atoms with E-state index in [9.17, 15) is 0 Å². The van der Waals surface area contributed by atoms with Crippen LogP contribution in [0.3, 0.4) is 0 Å². The first-order valence-corrected chi connectivity index (χ1v) is 17.6. The van der Waals surface area contributed by atoms with Crippen molar-refractivity contribution < 1.29 is 0 Å². The number of rotatable bonds is 2. The SMILES string of the molecule is CC(C)(C)c1ccc2c(c1)C1(c3cc(C(C)(C)C)ccc3-2)c2ccccc2-c2c(Nc3ccc4sc5ccccc5c4c3)cccc21. The Morgan fingerprint density at radius 2 is 1.11 bits per heavy atom. The average Bonchev–Trinajstić information content (AvgIpc) is 3.67. The molecule has 0 atom stereocenters. The van der Waals surface area contributed by atoms with Crippen LogP contribution in [0.15, 0.2) is 121 Å². The summed E-state index contributed by atoms with van der Waals surface area (Å²) in [6, 6.07) is 46.2. The molecule has 2 heteroatoms. The van der Waals surface area contributed by atoms with Crippen LogP contribution in [0.4, 0.5) is 11.4 Å². The first-order chi connectivity index (χ1) is 22.5.